The monoisotopic (exact) mass is 224 g/mol. The molecule has 2 aromatic rings. The van der Waals surface area contributed by atoms with Crippen molar-refractivity contribution in [2.75, 3.05) is 6.61 Å². The first-order chi connectivity index (χ1) is 6.83. The van der Waals surface area contributed by atoms with E-state index in [4.69, 9.17) is 9.88 Å². The first-order valence-electron chi connectivity index (χ1n) is 4.18. The highest BCUT2D eigenvalue weighted by atomic mass is 32.2. The quantitative estimate of drug-likeness (QED) is 0.753. The molecule has 0 spiro atoms. The van der Waals surface area contributed by atoms with Crippen molar-refractivity contribution in [1.29, 1.82) is 0 Å². The van der Waals surface area contributed by atoms with E-state index in [2.05, 4.69) is 4.98 Å². The molecule has 0 aliphatic carbocycles. The van der Waals surface area contributed by atoms with Crippen molar-refractivity contribution < 1.29 is 4.74 Å². The van der Waals surface area contributed by atoms with Gasteiger partial charge in [0.2, 0.25) is 0 Å². The maximum absolute atomic E-state index is 8.84. The van der Waals surface area contributed by atoms with Crippen molar-refractivity contribution in [2.45, 2.75) is 11.3 Å². The molecule has 0 bridgehead atoms. The van der Waals surface area contributed by atoms with Gasteiger partial charge in [0.25, 0.3) is 0 Å². The SMILES string of the molecule is CCOc1ccc2sc(S[N])nc2c1. The number of ether oxygens (including phenoxy) is 1. The third-order valence-corrected chi connectivity index (χ3v) is 3.28. The number of hydrogen-bond donors (Lipinski definition) is 0. The molecule has 0 fully saturated rings. The summed E-state index contributed by atoms with van der Waals surface area (Å²) in [5, 5.41) is 8.84. The van der Waals surface area contributed by atoms with Crippen LogP contribution in [0.1, 0.15) is 6.92 Å². The van der Waals surface area contributed by atoms with E-state index in [1.54, 1.807) is 0 Å². The third kappa shape index (κ3) is 1.84. The topological polar surface area (TPSA) is 44.4 Å². The molecule has 2 radical (unpaired) electrons. The predicted octanol–water partition coefficient (Wildman–Crippen LogP) is 2.77. The summed E-state index contributed by atoms with van der Waals surface area (Å²) in [5.41, 5.74) is 0.873. The van der Waals surface area contributed by atoms with Gasteiger partial charge in [0.05, 0.1) is 16.8 Å². The Kier molecular flexibility index (Phi) is 2.90. The molecule has 0 aliphatic rings. The smallest absolute Gasteiger partial charge is 0.169 e. The van der Waals surface area contributed by atoms with Crippen LogP contribution in [0.25, 0.3) is 10.2 Å². The van der Waals surface area contributed by atoms with Gasteiger partial charge in [0.1, 0.15) is 5.75 Å². The van der Waals surface area contributed by atoms with Gasteiger partial charge in [-0.15, -0.1) is 11.3 Å². The molecule has 1 heterocycles. The van der Waals surface area contributed by atoms with E-state index in [0.717, 1.165) is 16.0 Å². The lowest BCUT2D eigenvalue weighted by atomic mass is 10.3. The Bertz CT molecular complexity index is 441. The molecular weight excluding hydrogens is 216 g/mol. The number of nitrogens with zero attached hydrogens (tertiary/aromatic N) is 2. The van der Waals surface area contributed by atoms with E-state index in [-0.39, 0.29) is 0 Å². The van der Waals surface area contributed by atoms with E-state index in [1.165, 1.54) is 11.3 Å². The lowest BCUT2D eigenvalue weighted by Gasteiger charge is -2.00. The number of hydrogen-bond acceptors (Lipinski definition) is 4. The van der Waals surface area contributed by atoms with Crippen LogP contribution >= 0.6 is 23.3 Å². The van der Waals surface area contributed by atoms with Crippen molar-refractivity contribution in [1.82, 2.24) is 10.1 Å². The Labute approximate surface area is 90.4 Å². The lowest BCUT2D eigenvalue weighted by Crippen LogP contribution is -1.90. The Morgan fingerprint density at radius 1 is 1.57 bits per heavy atom. The summed E-state index contributed by atoms with van der Waals surface area (Å²) >= 11 is 2.15. The number of thiazole rings is 1. The van der Waals surface area contributed by atoms with Crippen LogP contribution in [0.3, 0.4) is 0 Å². The normalized spacial score (nSPS) is 10.7. The summed E-state index contributed by atoms with van der Waals surface area (Å²) in [5.74, 6) is 0.819. The van der Waals surface area contributed by atoms with Gasteiger partial charge >= 0.3 is 0 Å². The van der Waals surface area contributed by atoms with Crippen molar-refractivity contribution in [3.8, 4) is 5.75 Å². The zero-order chi connectivity index (χ0) is 9.97. The molecule has 72 valence electrons. The van der Waals surface area contributed by atoms with Crippen LogP contribution in [-0.2, 0) is 0 Å². The molecule has 0 aliphatic heterocycles. The minimum Gasteiger partial charge on any atom is -0.494 e. The summed E-state index contributed by atoms with van der Waals surface area (Å²) in [6.07, 6.45) is 0. The van der Waals surface area contributed by atoms with Gasteiger partial charge in [-0.05, 0) is 19.1 Å². The summed E-state index contributed by atoms with van der Waals surface area (Å²) in [6.45, 7) is 2.59. The highest BCUT2D eigenvalue weighted by Crippen LogP contribution is 2.29. The lowest BCUT2D eigenvalue weighted by molar-refractivity contribution is 0.340. The molecule has 0 amide bonds. The van der Waals surface area contributed by atoms with E-state index in [9.17, 15) is 0 Å². The fourth-order valence-electron chi connectivity index (χ4n) is 1.18. The highest BCUT2D eigenvalue weighted by Gasteiger charge is 2.04. The molecule has 5 heteroatoms. The Balaban J connectivity index is 2.43. The summed E-state index contributed by atoms with van der Waals surface area (Å²) in [4.78, 5) is 4.23. The van der Waals surface area contributed by atoms with Crippen LogP contribution in [0.2, 0.25) is 0 Å². The second-order valence-electron chi connectivity index (χ2n) is 2.63. The molecule has 0 unspecified atom stereocenters. The van der Waals surface area contributed by atoms with Gasteiger partial charge in [-0.2, -0.15) is 0 Å². The molecular formula is C9H8N2OS2. The van der Waals surface area contributed by atoms with Gasteiger partial charge in [0, 0.05) is 18.0 Å². The standard InChI is InChI=1S/C9H8N2OS2/c1-2-12-6-3-4-8-7(5-6)11-9(13-8)14-10/h3-5H,2H2,1H3. The average Bonchev–Trinajstić information content (AvgIpc) is 2.60. The fourth-order valence-corrected chi connectivity index (χ4v) is 2.42. The second kappa shape index (κ2) is 4.16. The largest absolute Gasteiger partial charge is 0.494 e. The van der Waals surface area contributed by atoms with E-state index < -0.39 is 0 Å². The van der Waals surface area contributed by atoms with Gasteiger partial charge in [-0.1, -0.05) is 5.14 Å². The van der Waals surface area contributed by atoms with Gasteiger partial charge in [0.15, 0.2) is 4.34 Å². The van der Waals surface area contributed by atoms with E-state index in [0.29, 0.717) is 22.9 Å². The second-order valence-corrected chi connectivity index (χ2v) is 4.49. The Morgan fingerprint density at radius 3 is 3.14 bits per heavy atom. The molecule has 0 saturated carbocycles. The van der Waals surface area contributed by atoms with Crippen LogP contribution in [0, 0.1) is 0 Å². The van der Waals surface area contributed by atoms with Crippen molar-refractivity contribution in [3.63, 3.8) is 0 Å². The van der Waals surface area contributed by atoms with Crippen LogP contribution < -0.4 is 9.88 Å². The molecule has 0 saturated heterocycles. The first-order valence-corrected chi connectivity index (χ1v) is 5.77. The molecule has 1 aromatic heterocycles. The summed E-state index contributed by atoms with van der Waals surface area (Å²) in [6, 6.07) is 5.75. The molecule has 14 heavy (non-hydrogen) atoms. The van der Waals surface area contributed by atoms with Gasteiger partial charge in [-0.3, -0.25) is 0 Å². The van der Waals surface area contributed by atoms with Gasteiger partial charge < -0.3 is 4.74 Å². The Morgan fingerprint density at radius 2 is 2.43 bits per heavy atom. The molecule has 3 nitrogen and oxygen atoms in total. The number of aromatic nitrogens is 1. The number of rotatable bonds is 3. The van der Waals surface area contributed by atoms with Crippen molar-refractivity contribution >= 4 is 33.5 Å². The highest BCUT2D eigenvalue weighted by molar-refractivity contribution is 7.98. The molecule has 0 atom stereocenters. The van der Waals surface area contributed by atoms with Crippen LogP contribution in [-0.4, -0.2) is 11.6 Å². The van der Waals surface area contributed by atoms with E-state index in [1.807, 2.05) is 25.1 Å². The molecule has 1 aromatic carbocycles. The minimum atomic E-state index is 0.650. The molecule has 2 rings (SSSR count). The number of fused-ring (bicyclic) bond motifs is 1. The summed E-state index contributed by atoms with van der Waals surface area (Å²) in [7, 11) is 0. The summed E-state index contributed by atoms with van der Waals surface area (Å²) < 4.78 is 7.07. The van der Waals surface area contributed by atoms with Crippen LogP contribution in [0.4, 0.5) is 0 Å². The first kappa shape index (κ1) is 9.76. The van der Waals surface area contributed by atoms with Crippen molar-refractivity contribution in [3.05, 3.63) is 18.2 Å². The minimum absolute atomic E-state index is 0.650. The fraction of sp³-hybridized carbons (Fsp3) is 0.222. The zero-order valence-corrected chi connectivity index (χ0v) is 9.19. The Hall–Kier alpha value is -0.780. The van der Waals surface area contributed by atoms with Crippen LogP contribution in [0.5, 0.6) is 5.75 Å². The average molecular weight is 224 g/mol. The zero-order valence-electron chi connectivity index (χ0n) is 7.56. The number of benzene rings is 1. The van der Waals surface area contributed by atoms with Crippen LogP contribution in [0.15, 0.2) is 22.5 Å². The predicted molar refractivity (Wildman–Crippen MR) is 58.8 cm³/mol. The van der Waals surface area contributed by atoms with Gasteiger partial charge in [-0.25, -0.2) is 4.98 Å². The molecule has 0 N–H and O–H groups in total. The maximum atomic E-state index is 8.84. The van der Waals surface area contributed by atoms with E-state index >= 15 is 0 Å². The van der Waals surface area contributed by atoms with Crippen molar-refractivity contribution in [2.24, 2.45) is 0 Å². The maximum Gasteiger partial charge on any atom is 0.169 e. The third-order valence-electron chi connectivity index (χ3n) is 1.73.